The lowest BCUT2D eigenvalue weighted by atomic mass is 10.1. The number of anilines is 2. The van der Waals surface area contributed by atoms with E-state index in [2.05, 4.69) is 0 Å². The summed E-state index contributed by atoms with van der Waals surface area (Å²) in [6, 6.07) is 19.9. The predicted molar refractivity (Wildman–Crippen MR) is 135 cm³/mol. The number of hydrogen-bond acceptors (Lipinski definition) is 6. The fourth-order valence-electron chi connectivity index (χ4n) is 4.00. The molecule has 0 saturated carbocycles. The number of hydrogen-bond donors (Lipinski definition) is 0. The van der Waals surface area contributed by atoms with Gasteiger partial charge in [-0.05, 0) is 66.9 Å². The number of nitrogens with zero attached hydrogens (tertiary/aromatic N) is 3. The summed E-state index contributed by atoms with van der Waals surface area (Å²) >= 11 is 0. The molecule has 1 heterocycles. The topological polar surface area (TPSA) is 101 Å². The molecule has 1 aliphatic rings. The maximum Gasteiger partial charge on any atom is 0.293 e. The van der Waals surface area contributed by atoms with Crippen LogP contribution in [0.2, 0.25) is 0 Å². The van der Waals surface area contributed by atoms with E-state index in [0.717, 1.165) is 18.5 Å². The van der Waals surface area contributed by atoms with Gasteiger partial charge in [-0.2, -0.15) is 4.31 Å². The zero-order chi connectivity index (χ0) is 25.0. The molecule has 4 rings (SSSR count). The number of rotatable bonds is 8. The van der Waals surface area contributed by atoms with Crippen molar-refractivity contribution in [1.82, 2.24) is 4.31 Å². The van der Waals surface area contributed by atoms with Crippen molar-refractivity contribution in [1.29, 1.82) is 0 Å². The highest BCUT2D eigenvalue weighted by Crippen LogP contribution is 2.33. The molecule has 0 unspecified atom stereocenters. The molecule has 9 heteroatoms. The third-order valence-corrected chi connectivity index (χ3v) is 7.88. The van der Waals surface area contributed by atoms with Gasteiger partial charge < -0.3 is 4.90 Å². The molecule has 0 atom stereocenters. The van der Waals surface area contributed by atoms with Gasteiger partial charge in [0.1, 0.15) is 5.69 Å². The van der Waals surface area contributed by atoms with E-state index in [1.807, 2.05) is 30.3 Å². The van der Waals surface area contributed by atoms with Crippen molar-refractivity contribution in [3.8, 4) is 0 Å². The Morgan fingerprint density at radius 2 is 1.66 bits per heavy atom. The zero-order valence-electron chi connectivity index (χ0n) is 19.2. The number of ketones is 1. The van der Waals surface area contributed by atoms with Crippen molar-refractivity contribution in [3.63, 3.8) is 0 Å². The van der Waals surface area contributed by atoms with Crippen LogP contribution in [0.4, 0.5) is 17.1 Å². The van der Waals surface area contributed by atoms with Crippen LogP contribution in [0.25, 0.3) is 6.08 Å². The Balaban J connectivity index is 1.52. The lowest BCUT2D eigenvalue weighted by molar-refractivity contribution is -0.384. The van der Waals surface area contributed by atoms with Crippen LogP contribution in [-0.2, 0) is 10.0 Å². The first-order chi connectivity index (χ1) is 16.8. The average molecular weight is 492 g/mol. The van der Waals surface area contributed by atoms with Gasteiger partial charge in [-0.3, -0.25) is 14.9 Å². The summed E-state index contributed by atoms with van der Waals surface area (Å²) in [4.78, 5) is 25.8. The molecule has 0 amide bonds. The minimum absolute atomic E-state index is 0.0811. The number of nitro benzene ring substituents is 1. The van der Waals surface area contributed by atoms with Crippen LogP contribution < -0.4 is 4.90 Å². The smallest absolute Gasteiger partial charge is 0.293 e. The molecule has 180 valence electrons. The van der Waals surface area contributed by atoms with E-state index in [0.29, 0.717) is 29.9 Å². The summed E-state index contributed by atoms with van der Waals surface area (Å²) in [5.74, 6) is -0.330. The quantitative estimate of drug-likeness (QED) is 0.189. The lowest BCUT2D eigenvalue weighted by Gasteiger charge is -2.19. The first-order valence-corrected chi connectivity index (χ1v) is 12.6. The van der Waals surface area contributed by atoms with Gasteiger partial charge in [-0.15, -0.1) is 0 Å². The number of para-hydroxylation sites is 1. The van der Waals surface area contributed by atoms with E-state index >= 15 is 0 Å². The number of nitro groups is 1. The van der Waals surface area contributed by atoms with Crippen molar-refractivity contribution in [2.45, 2.75) is 17.7 Å². The molecule has 3 aromatic carbocycles. The van der Waals surface area contributed by atoms with Gasteiger partial charge in [0.25, 0.3) is 5.69 Å². The Morgan fingerprint density at radius 3 is 2.29 bits per heavy atom. The first-order valence-electron chi connectivity index (χ1n) is 11.2. The number of benzene rings is 3. The molecule has 8 nitrogen and oxygen atoms in total. The summed E-state index contributed by atoms with van der Waals surface area (Å²) in [6.07, 6.45) is 4.53. The van der Waals surface area contributed by atoms with Crippen LogP contribution in [0, 0.1) is 10.1 Å². The third kappa shape index (κ3) is 5.31. The number of sulfonamides is 1. The average Bonchev–Trinajstić information content (AvgIpc) is 3.43. The molecule has 1 fully saturated rings. The van der Waals surface area contributed by atoms with Gasteiger partial charge in [0.15, 0.2) is 5.78 Å². The van der Waals surface area contributed by atoms with Crippen molar-refractivity contribution in [3.05, 3.63) is 100 Å². The lowest BCUT2D eigenvalue weighted by Crippen LogP contribution is -2.27. The SMILES string of the molecule is CN(c1ccccc1)c1ccc(/C=C/C(=O)c2ccc(S(=O)(=O)N3CCCC3)cc2)cc1[N+](=O)[O-]. The maximum absolute atomic E-state index is 12.6. The van der Waals surface area contributed by atoms with Gasteiger partial charge in [-0.1, -0.05) is 30.3 Å². The van der Waals surface area contributed by atoms with Gasteiger partial charge in [0, 0.05) is 37.5 Å². The molecular weight excluding hydrogens is 466 g/mol. The van der Waals surface area contributed by atoms with E-state index in [-0.39, 0.29) is 16.4 Å². The van der Waals surface area contributed by atoms with Crippen molar-refractivity contribution in [2.24, 2.45) is 0 Å². The Labute approximate surface area is 204 Å². The molecule has 0 aromatic heterocycles. The van der Waals surface area contributed by atoms with Crippen molar-refractivity contribution in [2.75, 3.05) is 25.0 Å². The predicted octanol–water partition coefficient (Wildman–Crippen LogP) is 5.04. The Kier molecular flexibility index (Phi) is 7.09. The Morgan fingerprint density at radius 1 is 1.00 bits per heavy atom. The molecule has 3 aromatic rings. The molecule has 1 aliphatic heterocycles. The van der Waals surface area contributed by atoms with Crippen LogP contribution >= 0.6 is 0 Å². The number of allylic oxidation sites excluding steroid dienone is 1. The van der Waals surface area contributed by atoms with Crippen LogP contribution in [0.1, 0.15) is 28.8 Å². The summed E-state index contributed by atoms with van der Waals surface area (Å²) < 4.78 is 26.7. The van der Waals surface area contributed by atoms with Crippen LogP contribution in [0.15, 0.2) is 83.8 Å². The largest absolute Gasteiger partial charge is 0.339 e. The Bertz CT molecular complexity index is 1360. The molecule has 0 spiro atoms. The van der Waals surface area contributed by atoms with Crippen molar-refractivity contribution < 1.29 is 18.1 Å². The number of carbonyl (C=O) groups is 1. The van der Waals surface area contributed by atoms with Gasteiger partial charge in [0.05, 0.1) is 9.82 Å². The highest BCUT2D eigenvalue weighted by Gasteiger charge is 2.27. The van der Waals surface area contributed by atoms with E-state index < -0.39 is 14.9 Å². The second-order valence-corrected chi connectivity index (χ2v) is 10.2. The molecule has 35 heavy (non-hydrogen) atoms. The standard InChI is InChI=1S/C26H25N3O5S/c1-27(22-7-3-2-4-8-22)24-15-9-20(19-25(24)29(31)32)10-16-26(30)21-11-13-23(14-12-21)35(33,34)28-17-5-6-18-28/h2-4,7-16,19H,5-6,17-18H2,1H3/b16-10+. The molecule has 0 bridgehead atoms. The van der Waals surface area contributed by atoms with Crippen molar-refractivity contribution >= 4 is 38.9 Å². The van der Waals surface area contributed by atoms with Gasteiger partial charge >= 0.3 is 0 Å². The summed E-state index contributed by atoms with van der Waals surface area (Å²) in [5, 5.41) is 11.7. The fraction of sp³-hybridized carbons (Fsp3) is 0.192. The maximum atomic E-state index is 12.6. The minimum Gasteiger partial charge on any atom is -0.339 e. The summed E-state index contributed by atoms with van der Waals surface area (Å²) in [5.41, 5.74) is 1.99. The van der Waals surface area contributed by atoms with E-state index in [4.69, 9.17) is 0 Å². The molecule has 1 saturated heterocycles. The highest BCUT2D eigenvalue weighted by atomic mass is 32.2. The van der Waals surface area contributed by atoms with Gasteiger partial charge in [0.2, 0.25) is 10.0 Å². The van der Waals surface area contributed by atoms with Gasteiger partial charge in [-0.25, -0.2) is 8.42 Å². The normalized spacial score (nSPS) is 14.3. The second kappa shape index (κ2) is 10.2. The first kappa shape index (κ1) is 24.3. The minimum atomic E-state index is -3.54. The highest BCUT2D eigenvalue weighted by molar-refractivity contribution is 7.89. The van der Waals surface area contributed by atoms with E-state index in [1.54, 1.807) is 24.1 Å². The van der Waals surface area contributed by atoms with E-state index in [1.165, 1.54) is 46.8 Å². The van der Waals surface area contributed by atoms with Crippen LogP contribution in [0.3, 0.4) is 0 Å². The molecule has 0 N–H and O–H groups in total. The Hall–Kier alpha value is -3.82. The second-order valence-electron chi connectivity index (χ2n) is 8.23. The fourth-order valence-corrected chi connectivity index (χ4v) is 5.52. The summed E-state index contributed by atoms with van der Waals surface area (Å²) in [6.45, 7) is 1.02. The van der Waals surface area contributed by atoms with Crippen LogP contribution in [-0.4, -0.2) is 43.6 Å². The summed E-state index contributed by atoms with van der Waals surface area (Å²) in [7, 11) is -1.79. The monoisotopic (exact) mass is 491 g/mol. The molecular formula is C26H25N3O5S. The van der Waals surface area contributed by atoms with Crippen LogP contribution in [0.5, 0.6) is 0 Å². The number of carbonyl (C=O) groups excluding carboxylic acids is 1. The zero-order valence-corrected chi connectivity index (χ0v) is 20.0. The third-order valence-electron chi connectivity index (χ3n) is 5.97. The molecule has 0 aliphatic carbocycles. The molecule has 0 radical (unpaired) electrons. The van der Waals surface area contributed by atoms with E-state index in [9.17, 15) is 23.3 Å².